The van der Waals surface area contributed by atoms with Crippen molar-refractivity contribution in [3.05, 3.63) is 45.0 Å². The first-order chi connectivity index (χ1) is 7.65. The maximum absolute atomic E-state index is 13.2. The molecule has 16 heavy (non-hydrogen) atoms. The second-order valence-electron chi connectivity index (χ2n) is 2.83. The van der Waals surface area contributed by atoms with Crippen molar-refractivity contribution in [2.24, 2.45) is 5.11 Å². The lowest BCUT2D eigenvalue weighted by atomic mass is 10.2. The maximum Gasteiger partial charge on any atom is 0.254 e. The number of hydrogen-bond acceptors (Lipinski definition) is 2. The predicted octanol–water partition coefficient (Wildman–Crippen LogP) is 2.52. The topological polar surface area (TPSA) is 77.9 Å². The van der Waals surface area contributed by atoms with Crippen molar-refractivity contribution in [2.75, 3.05) is 13.1 Å². The first-order valence-electron chi connectivity index (χ1n) is 4.39. The van der Waals surface area contributed by atoms with Crippen LogP contribution in [-0.4, -0.2) is 19.0 Å². The summed E-state index contributed by atoms with van der Waals surface area (Å²) in [7, 11) is 0. The smallest absolute Gasteiger partial charge is 0.254 e. The average molecular weight is 243 g/mol. The number of rotatable bonds is 4. The van der Waals surface area contributed by atoms with Gasteiger partial charge in [0.05, 0.1) is 5.56 Å². The first-order valence-corrected chi connectivity index (χ1v) is 4.77. The van der Waals surface area contributed by atoms with Gasteiger partial charge in [-0.1, -0.05) is 16.7 Å². The van der Waals surface area contributed by atoms with Crippen LogP contribution in [-0.2, 0) is 0 Å². The number of nitrogens with one attached hydrogen (secondary N) is 1. The van der Waals surface area contributed by atoms with E-state index in [4.69, 9.17) is 17.1 Å². The van der Waals surface area contributed by atoms with E-state index in [1.54, 1.807) is 0 Å². The molecule has 0 atom stereocenters. The van der Waals surface area contributed by atoms with Crippen LogP contribution >= 0.6 is 11.6 Å². The van der Waals surface area contributed by atoms with Gasteiger partial charge in [-0.2, -0.15) is 0 Å². The molecule has 0 bridgehead atoms. The van der Waals surface area contributed by atoms with Crippen molar-refractivity contribution in [1.82, 2.24) is 5.32 Å². The average Bonchev–Trinajstić information content (AvgIpc) is 2.24. The van der Waals surface area contributed by atoms with Gasteiger partial charge < -0.3 is 5.32 Å². The van der Waals surface area contributed by atoms with Crippen LogP contribution in [0.5, 0.6) is 0 Å². The number of carbonyl (C=O) groups is 1. The lowest BCUT2D eigenvalue weighted by molar-refractivity contribution is 0.0951. The third-order valence-corrected chi connectivity index (χ3v) is 1.97. The van der Waals surface area contributed by atoms with Gasteiger partial charge >= 0.3 is 0 Å². The maximum atomic E-state index is 13.2. The highest BCUT2D eigenvalue weighted by molar-refractivity contribution is 6.30. The molecule has 1 aromatic rings. The van der Waals surface area contributed by atoms with E-state index < -0.39 is 11.7 Å². The molecule has 0 heterocycles. The number of amides is 1. The third-order valence-electron chi connectivity index (χ3n) is 1.74. The second-order valence-corrected chi connectivity index (χ2v) is 3.27. The van der Waals surface area contributed by atoms with Gasteiger partial charge in [-0.05, 0) is 23.7 Å². The molecule has 0 aliphatic rings. The fourth-order valence-corrected chi connectivity index (χ4v) is 1.19. The van der Waals surface area contributed by atoms with Gasteiger partial charge in [0.2, 0.25) is 0 Å². The standard InChI is InChI=1S/C9H8ClFN4O/c10-6-1-2-7(8(11)5-6)9(16)13-3-4-14-15-12/h1-2,5H,3-4H2,(H,13,16). The van der Waals surface area contributed by atoms with Crippen LogP contribution in [0.4, 0.5) is 4.39 Å². The van der Waals surface area contributed by atoms with Crippen LogP contribution in [0.2, 0.25) is 5.02 Å². The summed E-state index contributed by atoms with van der Waals surface area (Å²) in [5.41, 5.74) is 7.90. The summed E-state index contributed by atoms with van der Waals surface area (Å²) in [5, 5.41) is 5.86. The molecule has 5 nitrogen and oxygen atoms in total. The lowest BCUT2D eigenvalue weighted by Gasteiger charge is -2.04. The zero-order valence-corrected chi connectivity index (χ0v) is 8.91. The second kappa shape index (κ2) is 5.95. The Labute approximate surface area is 95.8 Å². The summed E-state index contributed by atoms with van der Waals surface area (Å²) in [5.74, 6) is -1.25. The SMILES string of the molecule is [N-]=[N+]=NCCNC(=O)c1ccc(Cl)cc1F. The van der Waals surface area contributed by atoms with E-state index in [2.05, 4.69) is 15.3 Å². The van der Waals surface area contributed by atoms with Gasteiger partial charge in [0.25, 0.3) is 5.91 Å². The Kier molecular flexibility index (Phi) is 4.57. The van der Waals surface area contributed by atoms with Crippen LogP contribution in [0.3, 0.4) is 0 Å². The highest BCUT2D eigenvalue weighted by atomic mass is 35.5. The van der Waals surface area contributed by atoms with Gasteiger partial charge in [-0.3, -0.25) is 4.79 Å². The molecule has 0 saturated carbocycles. The minimum Gasteiger partial charge on any atom is -0.352 e. The van der Waals surface area contributed by atoms with Gasteiger partial charge in [0, 0.05) is 23.0 Å². The molecular weight excluding hydrogens is 235 g/mol. The number of benzene rings is 1. The molecule has 0 spiro atoms. The molecule has 0 radical (unpaired) electrons. The molecule has 0 unspecified atom stereocenters. The molecule has 0 saturated heterocycles. The van der Waals surface area contributed by atoms with Crippen molar-refractivity contribution in [3.63, 3.8) is 0 Å². The number of hydrogen-bond donors (Lipinski definition) is 1. The molecular formula is C9H8ClFN4O. The number of nitrogens with zero attached hydrogens (tertiary/aromatic N) is 3. The number of carbonyl (C=O) groups excluding carboxylic acids is 1. The van der Waals surface area contributed by atoms with Crippen molar-refractivity contribution in [1.29, 1.82) is 0 Å². The Morgan fingerprint density at radius 1 is 1.62 bits per heavy atom. The fraction of sp³-hybridized carbons (Fsp3) is 0.222. The third kappa shape index (κ3) is 3.42. The summed E-state index contributed by atoms with van der Waals surface area (Å²) in [6, 6.07) is 3.78. The molecule has 0 aliphatic carbocycles. The summed E-state index contributed by atoms with van der Waals surface area (Å²) in [6.45, 7) is 0.280. The zero-order valence-electron chi connectivity index (χ0n) is 8.15. The highest BCUT2D eigenvalue weighted by Crippen LogP contribution is 2.14. The molecule has 7 heteroatoms. The number of halogens is 2. The molecule has 84 valence electrons. The van der Waals surface area contributed by atoms with Crippen molar-refractivity contribution in [3.8, 4) is 0 Å². The van der Waals surface area contributed by atoms with E-state index in [0.717, 1.165) is 6.07 Å². The fourth-order valence-electron chi connectivity index (χ4n) is 1.03. The molecule has 0 aromatic heterocycles. The van der Waals surface area contributed by atoms with Crippen molar-refractivity contribution < 1.29 is 9.18 Å². The molecule has 0 fully saturated rings. The zero-order chi connectivity index (χ0) is 12.0. The van der Waals surface area contributed by atoms with Gasteiger partial charge in [-0.15, -0.1) is 0 Å². The highest BCUT2D eigenvalue weighted by Gasteiger charge is 2.10. The minimum absolute atomic E-state index is 0.0923. The molecule has 0 aliphatic heterocycles. The van der Waals surface area contributed by atoms with Crippen LogP contribution in [0.25, 0.3) is 10.4 Å². The van der Waals surface area contributed by atoms with Crippen LogP contribution in [0, 0.1) is 5.82 Å². The largest absolute Gasteiger partial charge is 0.352 e. The van der Waals surface area contributed by atoms with Crippen molar-refractivity contribution in [2.45, 2.75) is 0 Å². The van der Waals surface area contributed by atoms with E-state index >= 15 is 0 Å². The van der Waals surface area contributed by atoms with Crippen LogP contribution in [0.15, 0.2) is 23.3 Å². The Morgan fingerprint density at radius 2 is 2.38 bits per heavy atom. The Morgan fingerprint density at radius 3 is 3.00 bits per heavy atom. The molecule has 1 amide bonds. The monoisotopic (exact) mass is 242 g/mol. The van der Waals surface area contributed by atoms with E-state index in [1.165, 1.54) is 12.1 Å². The Bertz CT molecular complexity index is 445. The van der Waals surface area contributed by atoms with E-state index in [1.807, 2.05) is 0 Å². The summed E-state index contributed by atoms with van der Waals surface area (Å²) >= 11 is 5.54. The van der Waals surface area contributed by atoms with E-state index in [-0.39, 0.29) is 23.7 Å². The molecule has 1 N–H and O–H groups in total. The van der Waals surface area contributed by atoms with Gasteiger partial charge in [0.15, 0.2) is 0 Å². The van der Waals surface area contributed by atoms with E-state index in [0.29, 0.717) is 0 Å². The predicted molar refractivity (Wildman–Crippen MR) is 57.8 cm³/mol. The van der Waals surface area contributed by atoms with Crippen molar-refractivity contribution >= 4 is 17.5 Å². The van der Waals surface area contributed by atoms with Gasteiger partial charge in [0.1, 0.15) is 5.82 Å². The first kappa shape index (κ1) is 12.3. The Hall–Kier alpha value is -1.78. The minimum atomic E-state index is -0.686. The quantitative estimate of drug-likeness (QED) is 0.374. The molecule has 1 rings (SSSR count). The summed E-state index contributed by atoms with van der Waals surface area (Å²) in [6.07, 6.45) is 0. The van der Waals surface area contributed by atoms with Gasteiger partial charge in [-0.25, -0.2) is 4.39 Å². The number of azide groups is 1. The van der Waals surface area contributed by atoms with E-state index in [9.17, 15) is 9.18 Å². The Balaban J connectivity index is 2.62. The summed E-state index contributed by atoms with van der Waals surface area (Å²) < 4.78 is 13.2. The summed E-state index contributed by atoms with van der Waals surface area (Å²) in [4.78, 5) is 13.9. The lowest BCUT2D eigenvalue weighted by Crippen LogP contribution is -2.26. The normalized spacial score (nSPS) is 9.38. The van der Waals surface area contributed by atoms with Crippen LogP contribution < -0.4 is 5.32 Å². The van der Waals surface area contributed by atoms with Crippen LogP contribution in [0.1, 0.15) is 10.4 Å². The molecule has 1 aromatic carbocycles.